The molecule has 0 nitrogen and oxygen atoms in total. The highest BCUT2D eigenvalue weighted by molar-refractivity contribution is 7.59. The van der Waals surface area contributed by atoms with E-state index >= 15 is 0 Å². The molecule has 0 aliphatic rings. The summed E-state index contributed by atoms with van der Waals surface area (Å²) in [6.45, 7) is 14.4. The number of hydrogen-bond donors (Lipinski definition) is 0. The lowest BCUT2D eigenvalue weighted by Gasteiger charge is -2.38. The third-order valence-corrected chi connectivity index (χ3v) is 7.84. The molecule has 0 radical (unpaired) electrons. The fourth-order valence-electron chi connectivity index (χ4n) is 3.36. The van der Waals surface area contributed by atoms with Gasteiger partial charge in [0.25, 0.3) is 0 Å². The Balaban J connectivity index is 4.82. The fourth-order valence-corrected chi connectivity index (χ4v) is 7.87. The molecule has 0 heterocycles. The van der Waals surface area contributed by atoms with Crippen molar-refractivity contribution >= 4 is 7.92 Å². The smallest absolute Gasteiger partial charge is 0.0205 e. The van der Waals surface area contributed by atoms with Crippen molar-refractivity contribution < 1.29 is 0 Å². The van der Waals surface area contributed by atoms with Crippen molar-refractivity contribution in [2.75, 3.05) is 0 Å². The largest absolute Gasteiger partial charge is 0.0977 e. The minimum Gasteiger partial charge on any atom is -0.0977 e. The Hall–Kier alpha value is 0.430. The fraction of sp³-hybridized carbons (Fsp3) is 1.00. The van der Waals surface area contributed by atoms with Crippen molar-refractivity contribution in [2.45, 2.75) is 110 Å². The van der Waals surface area contributed by atoms with Crippen LogP contribution in [0.3, 0.4) is 0 Å². The van der Waals surface area contributed by atoms with E-state index in [1.54, 1.807) is 0 Å². The van der Waals surface area contributed by atoms with Crippen molar-refractivity contribution in [1.29, 1.82) is 0 Å². The molecule has 0 aromatic rings. The summed E-state index contributed by atoms with van der Waals surface area (Å²) in [5.74, 6) is 0. The van der Waals surface area contributed by atoms with Gasteiger partial charge >= 0.3 is 0 Å². The Morgan fingerprint density at radius 2 is 0.889 bits per heavy atom. The molecule has 0 atom stereocenters. The van der Waals surface area contributed by atoms with E-state index in [1.165, 1.54) is 51.4 Å². The van der Waals surface area contributed by atoms with Gasteiger partial charge in [0.1, 0.15) is 0 Å². The molecule has 0 aliphatic heterocycles. The topological polar surface area (TPSA) is 0 Å². The Morgan fingerprint density at radius 1 is 0.611 bits per heavy atom. The molecule has 0 aromatic heterocycles. The summed E-state index contributed by atoms with van der Waals surface area (Å²) in [5, 5.41) is 0. The molecule has 0 saturated carbocycles. The van der Waals surface area contributed by atoms with Crippen LogP contribution in [0.5, 0.6) is 0 Å². The second-order valence-electron chi connectivity index (χ2n) is 6.00. The van der Waals surface area contributed by atoms with Gasteiger partial charge in [0, 0.05) is 0 Å². The summed E-state index contributed by atoms with van der Waals surface area (Å²) in [4.78, 5) is 0. The van der Waals surface area contributed by atoms with Crippen LogP contribution >= 0.6 is 7.92 Å². The molecule has 0 fully saturated rings. The molecule has 1 heteroatoms. The lowest BCUT2D eigenvalue weighted by atomic mass is 10.1. The van der Waals surface area contributed by atoms with Crippen LogP contribution in [0, 0.1) is 0 Å². The Labute approximate surface area is 118 Å². The van der Waals surface area contributed by atoms with E-state index in [0.717, 1.165) is 17.0 Å². The highest BCUT2D eigenvalue weighted by Gasteiger charge is 2.29. The van der Waals surface area contributed by atoms with Gasteiger partial charge in [-0.1, -0.05) is 75.1 Å². The summed E-state index contributed by atoms with van der Waals surface area (Å²) in [6.07, 6.45) is 11.4. The van der Waals surface area contributed by atoms with Gasteiger partial charge in [-0.05, 0) is 42.7 Å². The van der Waals surface area contributed by atoms with Crippen molar-refractivity contribution in [3.63, 3.8) is 0 Å². The highest BCUT2D eigenvalue weighted by Crippen LogP contribution is 2.56. The highest BCUT2D eigenvalue weighted by atomic mass is 31.1. The van der Waals surface area contributed by atoms with Gasteiger partial charge in [0.15, 0.2) is 0 Å². The van der Waals surface area contributed by atoms with Crippen LogP contribution in [-0.4, -0.2) is 17.0 Å². The summed E-state index contributed by atoms with van der Waals surface area (Å²) < 4.78 is 0. The van der Waals surface area contributed by atoms with E-state index in [-0.39, 0.29) is 7.92 Å². The van der Waals surface area contributed by atoms with Crippen molar-refractivity contribution in [3.05, 3.63) is 0 Å². The molecule has 0 unspecified atom stereocenters. The molecule has 110 valence electrons. The van der Waals surface area contributed by atoms with E-state index in [0.29, 0.717) is 0 Å². The standard InChI is InChI=1S/C17H37P/c1-7-11-16(12-8-2)18(15(5)6)17(13-9-3)14-10-4/h15-17H,7-14H2,1-6H3. The third kappa shape index (κ3) is 6.55. The zero-order valence-electron chi connectivity index (χ0n) is 13.8. The molecule has 18 heavy (non-hydrogen) atoms. The molecule has 0 saturated heterocycles. The number of rotatable bonds is 11. The normalized spacial score (nSPS) is 12.3. The van der Waals surface area contributed by atoms with E-state index in [9.17, 15) is 0 Å². The molecular weight excluding hydrogens is 235 g/mol. The predicted octanol–water partition coefficient (Wildman–Crippen LogP) is 6.81. The maximum absolute atomic E-state index is 2.49. The Kier molecular flexibility index (Phi) is 11.5. The molecule has 0 bridgehead atoms. The van der Waals surface area contributed by atoms with Gasteiger partial charge in [0.2, 0.25) is 0 Å². The monoisotopic (exact) mass is 272 g/mol. The maximum atomic E-state index is 2.49. The minimum absolute atomic E-state index is 0.230. The van der Waals surface area contributed by atoms with Gasteiger partial charge in [-0.2, -0.15) is 0 Å². The lowest BCUT2D eigenvalue weighted by molar-refractivity contribution is 0.618. The maximum Gasteiger partial charge on any atom is -0.0205 e. The van der Waals surface area contributed by atoms with Crippen LogP contribution in [0.2, 0.25) is 0 Å². The first-order valence-corrected chi connectivity index (χ1v) is 9.94. The summed E-state index contributed by atoms with van der Waals surface area (Å²) in [5.41, 5.74) is 3.00. The van der Waals surface area contributed by atoms with Crippen molar-refractivity contribution in [1.82, 2.24) is 0 Å². The van der Waals surface area contributed by atoms with E-state index in [1.807, 2.05) is 0 Å². The predicted molar refractivity (Wildman–Crippen MR) is 89.3 cm³/mol. The molecule has 0 N–H and O–H groups in total. The van der Waals surface area contributed by atoms with Crippen LogP contribution in [-0.2, 0) is 0 Å². The Morgan fingerprint density at radius 3 is 1.06 bits per heavy atom. The van der Waals surface area contributed by atoms with Gasteiger partial charge in [0.05, 0.1) is 0 Å². The van der Waals surface area contributed by atoms with Crippen molar-refractivity contribution in [2.24, 2.45) is 0 Å². The first-order valence-electron chi connectivity index (χ1n) is 8.39. The first kappa shape index (κ1) is 18.4. The van der Waals surface area contributed by atoms with Gasteiger partial charge in [-0.25, -0.2) is 0 Å². The zero-order valence-corrected chi connectivity index (χ0v) is 14.7. The molecular formula is C17H37P. The molecule has 0 rings (SSSR count). The van der Waals surface area contributed by atoms with E-state index < -0.39 is 0 Å². The molecule has 0 amide bonds. The summed E-state index contributed by atoms with van der Waals surface area (Å²) in [7, 11) is 0.230. The van der Waals surface area contributed by atoms with E-state index in [2.05, 4.69) is 41.5 Å². The average Bonchev–Trinajstić information content (AvgIpc) is 2.30. The van der Waals surface area contributed by atoms with Crippen LogP contribution in [0.1, 0.15) is 92.9 Å². The Bertz CT molecular complexity index is 148. The lowest BCUT2D eigenvalue weighted by Crippen LogP contribution is -2.21. The summed E-state index contributed by atoms with van der Waals surface area (Å²) >= 11 is 0. The molecule has 0 spiro atoms. The van der Waals surface area contributed by atoms with E-state index in [4.69, 9.17) is 0 Å². The minimum atomic E-state index is 0.230. The molecule has 0 aromatic carbocycles. The SMILES string of the molecule is CCCC(CCC)P(C(C)C)C(CCC)CCC. The van der Waals surface area contributed by atoms with Crippen LogP contribution < -0.4 is 0 Å². The first-order chi connectivity index (χ1) is 8.62. The van der Waals surface area contributed by atoms with Gasteiger partial charge < -0.3 is 0 Å². The zero-order chi connectivity index (χ0) is 14.0. The number of hydrogen-bond acceptors (Lipinski definition) is 0. The van der Waals surface area contributed by atoms with Crippen LogP contribution in [0.25, 0.3) is 0 Å². The second-order valence-corrected chi connectivity index (χ2v) is 9.39. The quantitative estimate of drug-likeness (QED) is 0.362. The van der Waals surface area contributed by atoms with Gasteiger partial charge in [-0.15, -0.1) is 0 Å². The third-order valence-electron chi connectivity index (χ3n) is 3.93. The van der Waals surface area contributed by atoms with Crippen LogP contribution in [0.4, 0.5) is 0 Å². The summed E-state index contributed by atoms with van der Waals surface area (Å²) in [6, 6.07) is 0. The van der Waals surface area contributed by atoms with Crippen LogP contribution in [0.15, 0.2) is 0 Å². The second kappa shape index (κ2) is 11.3. The van der Waals surface area contributed by atoms with Gasteiger partial charge in [-0.3, -0.25) is 0 Å². The molecule has 0 aliphatic carbocycles. The van der Waals surface area contributed by atoms with Crippen molar-refractivity contribution in [3.8, 4) is 0 Å². The average molecular weight is 272 g/mol.